The van der Waals surface area contributed by atoms with Crippen molar-refractivity contribution in [2.45, 2.75) is 12.5 Å². The molecule has 1 atom stereocenters. The van der Waals surface area contributed by atoms with E-state index in [0.717, 1.165) is 0 Å². The number of thioether (sulfide) groups is 1. The van der Waals surface area contributed by atoms with E-state index in [1.165, 1.54) is 7.11 Å². The third-order valence-corrected chi connectivity index (χ3v) is 5.30. The van der Waals surface area contributed by atoms with Crippen molar-refractivity contribution in [3.63, 3.8) is 0 Å². The third-order valence-electron chi connectivity index (χ3n) is 4.40. The van der Waals surface area contributed by atoms with Gasteiger partial charge in [-0.3, -0.25) is 14.4 Å². The van der Waals surface area contributed by atoms with Crippen LogP contribution in [0.4, 0.5) is 0 Å². The van der Waals surface area contributed by atoms with Crippen molar-refractivity contribution in [2.24, 2.45) is 0 Å². The van der Waals surface area contributed by atoms with Gasteiger partial charge in [-0.2, -0.15) is 11.8 Å². The number of hydrogen-bond donors (Lipinski definition) is 3. The smallest absolute Gasteiger partial charge is 0.255 e. The second-order valence-corrected chi connectivity index (χ2v) is 7.98. The normalized spacial score (nSPS) is 11.3. The van der Waals surface area contributed by atoms with E-state index in [0.29, 0.717) is 34.1 Å². The maximum Gasteiger partial charge on any atom is 0.255 e. The molecule has 0 fully saturated rings. The van der Waals surface area contributed by atoms with Gasteiger partial charge in [-0.05, 0) is 54.8 Å². The Hall–Kier alpha value is -2.71. The van der Waals surface area contributed by atoms with Crippen LogP contribution in [0.3, 0.4) is 0 Å². The van der Waals surface area contributed by atoms with Gasteiger partial charge in [0.05, 0.1) is 12.7 Å². The molecule has 31 heavy (non-hydrogen) atoms. The quantitative estimate of drug-likeness (QED) is 0.445. The molecule has 2 aromatic rings. The van der Waals surface area contributed by atoms with Crippen LogP contribution >= 0.6 is 23.4 Å². The molecule has 0 spiro atoms. The van der Waals surface area contributed by atoms with Gasteiger partial charge >= 0.3 is 0 Å². The maximum absolute atomic E-state index is 12.7. The van der Waals surface area contributed by atoms with Crippen molar-refractivity contribution in [1.29, 1.82) is 0 Å². The highest BCUT2D eigenvalue weighted by Crippen LogP contribution is 2.17. The fourth-order valence-electron chi connectivity index (χ4n) is 2.76. The van der Waals surface area contributed by atoms with Crippen LogP contribution in [0.5, 0.6) is 5.75 Å². The molecule has 2 rings (SSSR count). The summed E-state index contributed by atoms with van der Waals surface area (Å²) in [6.45, 7) is 0.487. The molecule has 166 valence electrons. The number of rotatable bonds is 11. The van der Waals surface area contributed by atoms with Gasteiger partial charge in [0.2, 0.25) is 5.91 Å². The highest BCUT2D eigenvalue weighted by Gasteiger charge is 2.22. The number of benzene rings is 2. The Morgan fingerprint density at radius 2 is 1.68 bits per heavy atom. The molecule has 0 aliphatic carbocycles. The Morgan fingerprint density at radius 1 is 1.00 bits per heavy atom. The van der Waals surface area contributed by atoms with Crippen molar-refractivity contribution in [2.75, 3.05) is 32.2 Å². The van der Waals surface area contributed by atoms with E-state index in [1.807, 2.05) is 6.26 Å². The summed E-state index contributed by atoms with van der Waals surface area (Å²) in [5.41, 5.74) is 0.847. The number of halogens is 1. The highest BCUT2D eigenvalue weighted by atomic mass is 35.5. The topological polar surface area (TPSA) is 96.5 Å². The zero-order chi connectivity index (χ0) is 22.6. The number of methoxy groups -OCH3 is 1. The largest absolute Gasteiger partial charge is 0.496 e. The summed E-state index contributed by atoms with van der Waals surface area (Å²) in [5, 5.41) is 8.83. The number of amides is 3. The van der Waals surface area contributed by atoms with Gasteiger partial charge < -0.3 is 20.7 Å². The van der Waals surface area contributed by atoms with Gasteiger partial charge in [0, 0.05) is 23.7 Å². The minimum atomic E-state index is -0.697. The Morgan fingerprint density at radius 3 is 2.35 bits per heavy atom. The summed E-state index contributed by atoms with van der Waals surface area (Å²) in [5.74, 6) is 0.202. The lowest BCUT2D eigenvalue weighted by atomic mass is 10.1. The highest BCUT2D eigenvalue weighted by molar-refractivity contribution is 7.98. The molecule has 2 aromatic carbocycles. The van der Waals surface area contributed by atoms with Crippen molar-refractivity contribution >= 4 is 41.1 Å². The van der Waals surface area contributed by atoms with E-state index in [2.05, 4.69) is 16.0 Å². The van der Waals surface area contributed by atoms with E-state index in [4.69, 9.17) is 16.3 Å². The number of para-hydroxylation sites is 1. The van der Waals surface area contributed by atoms with Gasteiger partial charge in [-0.1, -0.05) is 23.7 Å². The van der Waals surface area contributed by atoms with Crippen LogP contribution in [-0.4, -0.2) is 56.0 Å². The average Bonchev–Trinajstić information content (AvgIpc) is 2.79. The van der Waals surface area contributed by atoms with E-state index < -0.39 is 6.04 Å². The molecule has 7 nitrogen and oxygen atoms in total. The van der Waals surface area contributed by atoms with Crippen molar-refractivity contribution in [3.05, 3.63) is 64.7 Å². The first-order valence-corrected chi connectivity index (χ1v) is 11.5. The Labute approximate surface area is 191 Å². The summed E-state index contributed by atoms with van der Waals surface area (Å²) in [4.78, 5) is 37.4. The zero-order valence-corrected chi connectivity index (χ0v) is 19.0. The third kappa shape index (κ3) is 7.80. The van der Waals surface area contributed by atoms with Gasteiger partial charge in [-0.25, -0.2) is 0 Å². The second kappa shape index (κ2) is 12.9. The van der Waals surface area contributed by atoms with Crippen LogP contribution in [0.2, 0.25) is 5.02 Å². The fourth-order valence-corrected chi connectivity index (χ4v) is 3.36. The van der Waals surface area contributed by atoms with Gasteiger partial charge in [0.25, 0.3) is 11.8 Å². The first kappa shape index (κ1) is 24.6. The lowest BCUT2D eigenvalue weighted by Crippen LogP contribution is -2.48. The molecule has 0 saturated heterocycles. The van der Waals surface area contributed by atoms with Crippen molar-refractivity contribution in [1.82, 2.24) is 16.0 Å². The van der Waals surface area contributed by atoms with Crippen LogP contribution in [0, 0.1) is 0 Å². The number of nitrogens with one attached hydrogen (secondary N) is 3. The molecule has 0 aliphatic heterocycles. The van der Waals surface area contributed by atoms with E-state index in [1.54, 1.807) is 60.3 Å². The number of ether oxygens (including phenoxy) is 1. The monoisotopic (exact) mass is 463 g/mol. The molecule has 0 saturated carbocycles. The van der Waals surface area contributed by atoms with E-state index in [-0.39, 0.29) is 30.8 Å². The Bertz CT molecular complexity index is 893. The second-order valence-electron chi connectivity index (χ2n) is 6.56. The summed E-state index contributed by atoms with van der Waals surface area (Å²) in [7, 11) is 1.49. The van der Waals surface area contributed by atoms with Crippen molar-refractivity contribution in [3.8, 4) is 5.75 Å². The van der Waals surface area contributed by atoms with Crippen LogP contribution in [0.15, 0.2) is 48.5 Å². The average molecular weight is 464 g/mol. The molecule has 0 aliphatic rings. The summed E-state index contributed by atoms with van der Waals surface area (Å²) >= 11 is 7.40. The lowest BCUT2D eigenvalue weighted by Gasteiger charge is -2.19. The minimum absolute atomic E-state index is 0.235. The van der Waals surface area contributed by atoms with E-state index in [9.17, 15) is 14.4 Å². The fraction of sp³-hybridized carbons (Fsp3) is 0.318. The molecule has 3 N–H and O–H groups in total. The first-order valence-electron chi connectivity index (χ1n) is 9.70. The summed E-state index contributed by atoms with van der Waals surface area (Å²) in [6, 6.07) is 12.7. The van der Waals surface area contributed by atoms with Crippen LogP contribution in [0.1, 0.15) is 27.1 Å². The molecule has 9 heteroatoms. The van der Waals surface area contributed by atoms with Gasteiger partial charge in [0.1, 0.15) is 11.8 Å². The molecule has 0 bridgehead atoms. The number of carbonyl (C=O) groups excluding carboxylic acids is 3. The molecule has 1 unspecified atom stereocenters. The van der Waals surface area contributed by atoms with Crippen LogP contribution in [-0.2, 0) is 4.79 Å². The molecule has 3 amide bonds. The molecular formula is C22H26ClN3O4S. The molecule has 0 aromatic heterocycles. The Balaban J connectivity index is 1.88. The summed E-state index contributed by atoms with van der Waals surface area (Å²) in [6.07, 6.45) is 2.41. The lowest BCUT2D eigenvalue weighted by molar-refractivity contribution is -0.122. The number of carbonyl (C=O) groups is 3. The van der Waals surface area contributed by atoms with E-state index >= 15 is 0 Å². The standard InChI is InChI=1S/C22H26ClN3O4S/c1-30-19-6-4-3-5-17(19)21(28)26-18(11-14-31-2)22(29)25-13-12-24-20(27)15-7-9-16(23)10-8-15/h3-10,18H,11-14H2,1-2H3,(H,24,27)(H,25,29)(H,26,28). The predicted molar refractivity (Wildman–Crippen MR) is 124 cm³/mol. The van der Waals surface area contributed by atoms with Gasteiger partial charge in [-0.15, -0.1) is 0 Å². The van der Waals surface area contributed by atoms with Crippen LogP contribution in [0.25, 0.3) is 0 Å². The summed E-state index contributed by atoms with van der Waals surface area (Å²) < 4.78 is 5.22. The molecular weight excluding hydrogens is 438 g/mol. The Kier molecular flexibility index (Phi) is 10.2. The first-order chi connectivity index (χ1) is 15.0. The minimum Gasteiger partial charge on any atom is -0.496 e. The SMILES string of the molecule is COc1ccccc1C(=O)NC(CCSC)C(=O)NCCNC(=O)c1ccc(Cl)cc1. The molecule has 0 heterocycles. The predicted octanol–water partition coefficient (Wildman–Crippen LogP) is 2.75. The molecule has 0 radical (unpaired) electrons. The van der Waals surface area contributed by atoms with Crippen molar-refractivity contribution < 1.29 is 19.1 Å². The van der Waals surface area contributed by atoms with Crippen LogP contribution < -0.4 is 20.7 Å². The maximum atomic E-state index is 12.7. The number of hydrogen-bond acceptors (Lipinski definition) is 5. The zero-order valence-electron chi connectivity index (χ0n) is 17.4. The van der Waals surface area contributed by atoms with Gasteiger partial charge in [0.15, 0.2) is 0 Å².